The Labute approximate surface area is 116 Å². The van der Waals surface area contributed by atoms with E-state index in [0.717, 1.165) is 16.8 Å². The summed E-state index contributed by atoms with van der Waals surface area (Å²) in [6, 6.07) is 2.16. The summed E-state index contributed by atoms with van der Waals surface area (Å²) in [6.45, 7) is 12.8. The Morgan fingerprint density at radius 3 is 2.05 bits per heavy atom. The van der Waals surface area contributed by atoms with Crippen molar-refractivity contribution in [1.29, 1.82) is 0 Å². The van der Waals surface area contributed by atoms with Gasteiger partial charge in [-0.15, -0.1) is 0 Å². The second-order valence-electron chi connectivity index (χ2n) is 6.23. The molecule has 0 spiro atoms. The minimum absolute atomic E-state index is 0.0339. The minimum Gasteiger partial charge on any atom is -0.330 e. The number of carbonyl (C=O) groups is 1. The summed E-state index contributed by atoms with van der Waals surface area (Å²) in [5.41, 5.74) is 11.2. The van der Waals surface area contributed by atoms with Crippen molar-refractivity contribution in [3.63, 3.8) is 0 Å². The molecule has 0 aliphatic carbocycles. The van der Waals surface area contributed by atoms with Crippen LogP contribution in [0, 0.1) is 33.1 Å². The fourth-order valence-corrected chi connectivity index (χ4v) is 2.09. The molecular formula is C16H26N2O. The Kier molecular flexibility index (Phi) is 4.75. The Morgan fingerprint density at radius 2 is 1.63 bits per heavy atom. The monoisotopic (exact) mass is 262 g/mol. The van der Waals surface area contributed by atoms with Crippen molar-refractivity contribution in [3.8, 4) is 0 Å². The van der Waals surface area contributed by atoms with Crippen LogP contribution in [0.5, 0.6) is 0 Å². The molecule has 0 heterocycles. The summed E-state index contributed by atoms with van der Waals surface area (Å²) in [6.07, 6.45) is 0.440. The van der Waals surface area contributed by atoms with Crippen LogP contribution in [0.4, 0.5) is 5.69 Å². The topological polar surface area (TPSA) is 55.1 Å². The standard InChI is InChI=1S/C16H26N2O/c1-10-7-11(2)13(4)15(12(10)3)18-14(19)8-16(5,6)9-17/h7H,8-9,17H2,1-6H3,(H,18,19). The third kappa shape index (κ3) is 3.80. The highest BCUT2D eigenvalue weighted by atomic mass is 16.1. The zero-order valence-electron chi connectivity index (χ0n) is 13.0. The smallest absolute Gasteiger partial charge is 0.224 e. The lowest BCUT2D eigenvalue weighted by atomic mass is 9.89. The molecule has 0 atom stereocenters. The molecule has 1 aromatic rings. The normalized spacial score (nSPS) is 11.5. The van der Waals surface area contributed by atoms with Gasteiger partial charge in [0.15, 0.2) is 0 Å². The maximum absolute atomic E-state index is 12.1. The molecule has 0 saturated carbocycles. The molecule has 0 aliphatic rings. The van der Waals surface area contributed by atoms with Crippen molar-refractivity contribution in [2.45, 2.75) is 48.0 Å². The highest BCUT2D eigenvalue weighted by Crippen LogP contribution is 2.27. The molecule has 0 fully saturated rings. The van der Waals surface area contributed by atoms with E-state index in [0.29, 0.717) is 13.0 Å². The van der Waals surface area contributed by atoms with E-state index in [1.807, 2.05) is 27.7 Å². The van der Waals surface area contributed by atoms with Crippen LogP contribution in [-0.2, 0) is 4.79 Å². The number of rotatable bonds is 4. The molecule has 1 amide bonds. The molecule has 1 rings (SSSR count). The first-order valence-electron chi connectivity index (χ1n) is 6.75. The number of nitrogens with two attached hydrogens (primary N) is 1. The Hall–Kier alpha value is -1.35. The van der Waals surface area contributed by atoms with Crippen molar-refractivity contribution >= 4 is 11.6 Å². The van der Waals surface area contributed by atoms with E-state index in [4.69, 9.17) is 5.73 Å². The molecular weight excluding hydrogens is 236 g/mol. The number of hydrogen-bond donors (Lipinski definition) is 2. The van der Waals surface area contributed by atoms with E-state index in [9.17, 15) is 4.79 Å². The number of amides is 1. The van der Waals surface area contributed by atoms with Crippen LogP contribution in [0.3, 0.4) is 0 Å². The lowest BCUT2D eigenvalue weighted by Crippen LogP contribution is -2.29. The molecule has 0 bridgehead atoms. The Bertz CT molecular complexity index is 464. The van der Waals surface area contributed by atoms with Crippen LogP contribution in [0.2, 0.25) is 0 Å². The second-order valence-corrected chi connectivity index (χ2v) is 6.23. The van der Waals surface area contributed by atoms with Crippen LogP contribution >= 0.6 is 0 Å². The number of carbonyl (C=O) groups excluding carboxylic acids is 1. The lowest BCUT2D eigenvalue weighted by Gasteiger charge is -2.23. The largest absolute Gasteiger partial charge is 0.330 e. The second kappa shape index (κ2) is 5.74. The van der Waals surface area contributed by atoms with Gasteiger partial charge >= 0.3 is 0 Å². The molecule has 0 unspecified atom stereocenters. The van der Waals surface area contributed by atoms with Crippen molar-refractivity contribution in [2.75, 3.05) is 11.9 Å². The third-order valence-corrected chi connectivity index (χ3v) is 3.82. The maximum atomic E-state index is 12.1. The summed E-state index contributed by atoms with van der Waals surface area (Å²) in [7, 11) is 0. The van der Waals surface area contributed by atoms with Crippen molar-refractivity contribution in [3.05, 3.63) is 28.3 Å². The fraction of sp³-hybridized carbons (Fsp3) is 0.562. The molecule has 0 radical (unpaired) electrons. The summed E-state index contributed by atoms with van der Waals surface area (Å²) in [4.78, 5) is 12.1. The summed E-state index contributed by atoms with van der Waals surface area (Å²) < 4.78 is 0. The van der Waals surface area contributed by atoms with Crippen LogP contribution in [0.15, 0.2) is 6.07 Å². The van der Waals surface area contributed by atoms with E-state index in [1.54, 1.807) is 0 Å². The van der Waals surface area contributed by atoms with Gasteiger partial charge in [0.1, 0.15) is 0 Å². The van der Waals surface area contributed by atoms with E-state index in [2.05, 4.69) is 25.2 Å². The molecule has 3 nitrogen and oxygen atoms in total. The number of hydrogen-bond acceptors (Lipinski definition) is 2. The molecule has 0 saturated heterocycles. The van der Waals surface area contributed by atoms with E-state index >= 15 is 0 Å². The van der Waals surface area contributed by atoms with E-state index in [-0.39, 0.29) is 11.3 Å². The molecule has 0 aliphatic heterocycles. The number of anilines is 1. The fourth-order valence-electron chi connectivity index (χ4n) is 2.09. The molecule has 0 aromatic heterocycles. The van der Waals surface area contributed by atoms with Gasteiger partial charge in [0.2, 0.25) is 5.91 Å². The predicted octanol–water partition coefficient (Wildman–Crippen LogP) is 3.23. The van der Waals surface area contributed by atoms with Gasteiger partial charge in [-0.3, -0.25) is 4.79 Å². The highest BCUT2D eigenvalue weighted by molar-refractivity contribution is 5.93. The summed E-state index contributed by atoms with van der Waals surface area (Å²) in [5, 5.41) is 3.06. The van der Waals surface area contributed by atoms with Gasteiger partial charge in [0.25, 0.3) is 0 Å². The Balaban J connectivity index is 2.98. The van der Waals surface area contributed by atoms with Crippen LogP contribution in [0.25, 0.3) is 0 Å². The predicted molar refractivity (Wildman–Crippen MR) is 81.5 cm³/mol. The quantitative estimate of drug-likeness (QED) is 0.875. The first-order valence-corrected chi connectivity index (χ1v) is 6.75. The van der Waals surface area contributed by atoms with Gasteiger partial charge in [-0.1, -0.05) is 19.9 Å². The van der Waals surface area contributed by atoms with Crippen LogP contribution in [-0.4, -0.2) is 12.5 Å². The van der Waals surface area contributed by atoms with Gasteiger partial charge in [-0.05, 0) is 61.9 Å². The average Bonchev–Trinajstić information content (AvgIpc) is 2.31. The molecule has 106 valence electrons. The van der Waals surface area contributed by atoms with Crippen molar-refractivity contribution < 1.29 is 4.79 Å². The van der Waals surface area contributed by atoms with Crippen LogP contribution in [0.1, 0.15) is 42.5 Å². The molecule has 3 N–H and O–H groups in total. The minimum atomic E-state index is -0.162. The molecule has 3 heteroatoms. The summed E-state index contributed by atoms with van der Waals surface area (Å²) >= 11 is 0. The highest BCUT2D eigenvalue weighted by Gasteiger charge is 2.21. The lowest BCUT2D eigenvalue weighted by molar-refractivity contribution is -0.117. The van der Waals surface area contributed by atoms with Crippen molar-refractivity contribution in [2.24, 2.45) is 11.1 Å². The zero-order valence-corrected chi connectivity index (χ0v) is 13.0. The number of aryl methyl sites for hydroxylation is 2. The Morgan fingerprint density at radius 1 is 1.16 bits per heavy atom. The van der Waals surface area contributed by atoms with Crippen LogP contribution < -0.4 is 11.1 Å². The first-order chi connectivity index (χ1) is 8.68. The van der Waals surface area contributed by atoms with Crippen molar-refractivity contribution in [1.82, 2.24) is 0 Å². The SMILES string of the molecule is Cc1cc(C)c(C)c(NC(=O)CC(C)(C)CN)c1C. The third-order valence-electron chi connectivity index (χ3n) is 3.82. The van der Waals surface area contributed by atoms with Gasteiger partial charge in [0, 0.05) is 12.1 Å². The summed E-state index contributed by atoms with van der Waals surface area (Å²) in [5.74, 6) is 0.0339. The maximum Gasteiger partial charge on any atom is 0.224 e. The van der Waals surface area contributed by atoms with Gasteiger partial charge in [0.05, 0.1) is 0 Å². The zero-order chi connectivity index (χ0) is 14.8. The molecule has 19 heavy (non-hydrogen) atoms. The van der Waals surface area contributed by atoms with Gasteiger partial charge in [-0.25, -0.2) is 0 Å². The number of nitrogens with one attached hydrogen (secondary N) is 1. The van der Waals surface area contributed by atoms with E-state index in [1.165, 1.54) is 11.1 Å². The number of benzene rings is 1. The average molecular weight is 262 g/mol. The van der Waals surface area contributed by atoms with Gasteiger partial charge < -0.3 is 11.1 Å². The van der Waals surface area contributed by atoms with E-state index < -0.39 is 0 Å². The molecule has 1 aromatic carbocycles. The van der Waals surface area contributed by atoms with Gasteiger partial charge in [-0.2, -0.15) is 0 Å². The first kappa shape index (κ1) is 15.7.